The van der Waals surface area contributed by atoms with Crippen LogP contribution in [0.5, 0.6) is 5.75 Å². The Hall–Kier alpha value is -3.83. The Balaban J connectivity index is 1.86. The number of thioether (sulfide) groups is 1. The minimum atomic E-state index is -4.07. The van der Waals surface area contributed by atoms with E-state index in [1.165, 1.54) is 30.8 Å². The molecule has 0 unspecified atom stereocenters. The summed E-state index contributed by atoms with van der Waals surface area (Å²) in [7, 11) is -4.07. The van der Waals surface area contributed by atoms with Gasteiger partial charge in [-0.1, -0.05) is 12.1 Å². The van der Waals surface area contributed by atoms with Gasteiger partial charge in [0.2, 0.25) is 5.91 Å². The summed E-state index contributed by atoms with van der Waals surface area (Å²) in [4.78, 5) is 25.2. The van der Waals surface area contributed by atoms with Crippen molar-refractivity contribution in [3.8, 4) is 5.75 Å². The number of nitrogens with one attached hydrogen (secondary N) is 2. The molecule has 3 rings (SSSR count). The Labute approximate surface area is 227 Å². The predicted molar refractivity (Wildman–Crippen MR) is 151 cm³/mol. The first-order valence-electron chi connectivity index (χ1n) is 11.7. The molecule has 0 saturated heterocycles. The second kappa shape index (κ2) is 13.1. The standard InChI is InChI=1S/C27H30N4O5S2/c1-5-36-24-11-9-23(10-12-24)31(38(34,35)26-15-13-25(37-4)14-16-26)18-27(33)30-29-19(2)21-7-6-8-22(17-21)28-20(3)32/h6-17H,5,18H2,1-4H3,(H,28,32)(H,30,33)/b29-19-. The molecule has 0 aromatic heterocycles. The van der Waals surface area contributed by atoms with Gasteiger partial charge < -0.3 is 10.1 Å². The maximum absolute atomic E-state index is 13.6. The summed E-state index contributed by atoms with van der Waals surface area (Å²) in [5.74, 6) is -0.242. The molecule has 3 aromatic carbocycles. The van der Waals surface area contributed by atoms with E-state index in [0.717, 1.165) is 9.20 Å². The average Bonchev–Trinajstić information content (AvgIpc) is 2.91. The Morgan fingerprint density at radius 3 is 2.29 bits per heavy atom. The Morgan fingerprint density at radius 2 is 1.68 bits per heavy atom. The molecule has 0 fully saturated rings. The fourth-order valence-electron chi connectivity index (χ4n) is 3.47. The van der Waals surface area contributed by atoms with Crippen molar-refractivity contribution >= 4 is 50.7 Å². The number of hydrazone groups is 1. The number of carbonyl (C=O) groups is 2. The lowest BCUT2D eigenvalue weighted by Gasteiger charge is -2.24. The highest BCUT2D eigenvalue weighted by Crippen LogP contribution is 2.27. The molecule has 0 aliphatic carbocycles. The number of amides is 2. The van der Waals surface area contributed by atoms with Gasteiger partial charge in [0.15, 0.2) is 0 Å². The maximum atomic E-state index is 13.6. The summed E-state index contributed by atoms with van der Waals surface area (Å²) in [6, 6.07) is 20.0. The minimum absolute atomic E-state index is 0.0615. The maximum Gasteiger partial charge on any atom is 0.264 e. The van der Waals surface area contributed by atoms with Crippen molar-refractivity contribution in [2.75, 3.05) is 29.0 Å². The molecule has 0 radical (unpaired) electrons. The van der Waals surface area contributed by atoms with Crippen LogP contribution in [0.4, 0.5) is 11.4 Å². The number of hydrogen-bond donors (Lipinski definition) is 2. The molecular formula is C27H30N4O5S2. The van der Waals surface area contributed by atoms with Crippen LogP contribution < -0.4 is 19.8 Å². The van der Waals surface area contributed by atoms with E-state index in [1.807, 2.05) is 13.2 Å². The molecule has 2 N–H and O–H groups in total. The predicted octanol–water partition coefficient (Wildman–Crippen LogP) is 4.50. The first kappa shape index (κ1) is 28.7. The zero-order valence-corrected chi connectivity index (χ0v) is 23.2. The van der Waals surface area contributed by atoms with Gasteiger partial charge in [-0.3, -0.25) is 13.9 Å². The number of ether oxygens (including phenoxy) is 1. The van der Waals surface area contributed by atoms with Crippen molar-refractivity contribution in [2.24, 2.45) is 5.10 Å². The van der Waals surface area contributed by atoms with Crippen LogP contribution in [0.1, 0.15) is 26.3 Å². The van der Waals surface area contributed by atoms with Crippen molar-refractivity contribution in [2.45, 2.75) is 30.6 Å². The smallest absolute Gasteiger partial charge is 0.264 e. The van der Waals surface area contributed by atoms with E-state index in [0.29, 0.717) is 35.0 Å². The molecule has 11 heteroatoms. The number of carbonyl (C=O) groups excluding carboxylic acids is 2. The molecule has 3 aromatic rings. The molecule has 0 spiro atoms. The molecule has 38 heavy (non-hydrogen) atoms. The third kappa shape index (κ3) is 7.59. The first-order valence-corrected chi connectivity index (χ1v) is 14.4. The lowest BCUT2D eigenvalue weighted by molar-refractivity contribution is -0.119. The average molecular weight is 555 g/mol. The van der Waals surface area contributed by atoms with Crippen LogP contribution in [0.15, 0.2) is 87.7 Å². The number of hydrogen-bond acceptors (Lipinski definition) is 7. The van der Waals surface area contributed by atoms with E-state index in [1.54, 1.807) is 67.6 Å². The summed E-state index contributed by atoms with van der Waals surface area (Å²) >= 11 is 1.50. The van der Waals surface area contributed by atoms with Crippen molar-refractivity contribution in [3.05, 3.63) is 78.4 Å². The third-order valence-corrected chi connectivity index (χ3v) is 7.85. The number of rotatable bonds is 11. The van der Waals surface area contributed by atoms with E-state index in [2.05, 4.69) is 15.8 Å². The Kier molecular flexibility index (Phi) is 9.91. The zero-order valence-electron chi connectivity index (χ0n) is 21.6. The number of benzene rings is 3. The van der Waals surface area contributed by atoms with E-state index in [-0.39, 0.29) is 10.8 Å². The monoisotopic (exact) mass is 554 g/mol. The topological polar surface area (TPSA) is 117 Å². The van der Waals surface area contributed by atoms with Gasteiger partial charge in [0.05, 0.1) is 22.9 Å². The SMILES string of the molecule is CCOc1ccc(N(CC(=O)N/N=C(/C)c2cccc(NC(C)=O)c2)S(=O)(=O)c2ccc(SC)cc2)cc1. The number of anilines is 2. The van der Waals surface area contributed by atoms with Gasteiger partial charge >= 0.3 is 0 Å². The van der Waals surface area contributed by atoms with E-state index in [9.17, 15) is 18.0 Å². The normalized spacial score (nSPS) is 11.5. The van der Waals surface area contributed by atoms with E-state index >= 15 is 0 Å². The molecule has 0 heterocycles. The van der Waals surface area contributed by atoms with Gasteiger partial charge in [-0.2, -0.15) is 5.10 Å². The van der Waals surface area contributed by atoms with Crippen LogP contribution in [-0.2, 0) is 19.6 Å². The summed E-state index contributed by atoms with van der Waals surface area (Å²) in [5.41, 5.74) is 4.50. The summed E-state index contributed by atoms with van der Waals surface area (Å²) < 4.78 is 33.7. The van der Waals surface area contributed by atoms with E-state index < -0.39 is 22.5 Å². The highest BCUT2D eigenvalue weighted by atomic mass is 32.2. The lowest BCUT2D eigenvalue weighted by atomic mass is 10.1. The molecule has 0 aliphatic heterocycles. The fraction of sp³-hybridized carbons (Fsp3) is 0.222. The van der Waals surface area contributed by atoms with Crippen LogP contribution in [-0.4, -0.2) is 45.4 Å². The van der Waals surface area contributed by atoms with Crippen LogP contribution in [0, 0.1) is 0 Å². The van der Waals surface area contributed by atoms with Gasteiger partial charge in [-0.05, 0) is 86.3 Å². The Bertz CT molecular complexity index is 1410. The van der Waals surface area contributed by atoms with Crippen LogP contribution in [0.25, 0.3) is 0 Å². The first-order chi connectivity index (χ1) is 18.1. The molecule has 200 valence electrons. The molecular weight excluding hydrogens is 524 g/mol. The van der Waals surface area contributed by atoms with Crippen LogP contribution in [0.2, 0.25) is 0 Å². The number of sulfonamides is 1. The van der Waals surface area contributed by atoms with Gasteiger partial charge in [-0.25, -0.2) is 13.8 Å². The van der Waals surface area contributed by atoms with Crippen molar-refractivity contribution in [3.63, 3.8) is 0 Å². The molecule has 0 bridgehead atoms. The molecule has 9 nitrogen and oxygen atoms in total. The van der Waals surface area contributed by atoms with Crippen LogP contribution in [0.3, 0.4) is 0 Å². The Morgan fingerprint density at radius 1 is 1.00 bits per heavy atom. The van der Waals surface area contributed by atoms with E-state index in [4.69, 9.17) is 4.74 Å². The van der Waals surface area contributed by atoms with Crippen molar-refractivity contribution in [1.29, 1.82) is 0 Å². The van der Waals surface area contributed by atoms with Gasteiger partial charge in [0, 0.05) is 17.5 Å². The lowest BCUT2D eigenvalue weighted by Crippen LogP contribution is -2.39. The van der Waals surface area contributed by atoms with Gasteiger partial charge in [0.1, 0.15) is 12.3 Å². The van der Waals surface area contributed by atoms with Crippen molar-refractivity contribution in [1.82, 2.24) is 5.43 Å². The molecule has 0 saturated carbocycles. The third-order valence-electron chi connectivity index (χ3n) is 5.32. The highest BCUT2D eigenvalue weighted by molar-refractivity contribution is 7.98. The minimum Gasteiger partial charge on any atom is -0.494 e. The number of nitrogens with zero attached hydrogens (tertiary/aromatic N) is 2. The highest BCUT2D eigenvalue weighted by Gasteiger charge is 2.27. The summed E-state index contributed by atoms with van der Waals surface area (Å²) in [6.45, 7) is 4.93. The zero-order chi connectivity index (χ0) is 27.7. The fourth-order valence-corrected chi connectivity index (χ4v) is 5.30. The summed E-state index contributed by atoms with van der Waals surface area (Å²) in [5, 5.41) is 6.83. The molecule has 2 amide bonds. The van der Waals surface area contributed by atoms with Gasteiger partial charge in [0.25, 0.3) is 15.9 Å². The molecule has 0 atom stereocenters. The summed E-state index contributed by atoms with van der Waals surface area (Å²) in [6.07, 6.45) is 1.90. The molecule has 0 aliphatic rings. The quantitative estimate of drug-likeness (QED) is 0.205. The van der Waals surface area contributed by atoms with Crippen LogP contribution >= 0.6 is 11.8 Å². The van der Waals surface area contributed by atoms with Crippen molar-refractivity contribution < 1.29 is 22.7 Å². The van der Waals surface area contributed by atoms with Gasteiger partial charge in [-0.15, -0.1) is 11.8 Å². The largest absolute Gasteiger partial charge is 0.494 e. The second-order valence-corrected chi connectivity index (χ2v) is 10.9. The second-order valence-electron chi connectivity index (χ2n) is 8.11.